The van der Waals surface area contributed by atoms with E-state index in [0.29, 0.717) is 30.4 Å². The number of nitrogens with two attached hydrogens (primary N) is 1. The van der Waals surface area contributed by atoms with Crippen molar-refractivity contribution in [3.05, 3.63) is 18.2 Å². The van der Waals surface area contributed by atoms with E-state index in [4.69, 9.17) is 14.9 Å². The van der Waals surface area contributed by atoms with Crippen LogP contribution in [0, 0.1) is 0 Å². The SMILES string of the molecule is CCOC(=O)CCNc1nc2ccc(N)cc2o1. The number of anilines is 2. The molecule has 3 N–H and O–H groups in total. The average Bonchev–Trinajstić information content (AvgIpc) is 2.71. The first-order valence-corrected chi connectivity index (χ1v) is 5.74. The first-order chi connectivity index (χ1) is 8.69. The number of nitrogens with one attached hydrogen (secondary N) is 1. The van der Waals surface area contributed by atoms with Gasteiger partial charge < -0.3 is 20.2 Å². The van der Waals surface area contributed by atoms with Crippen LogP contribution >= 0.6 is 0 Å². The van der Waals surface area contributed by atoms with Crippen LogP contribution in [0.4, 0.5) is 11.7 Å². The maximum Gasteiger partial charge on any atom is 0.307 e. The van der Waals surface area contributed by atoms with Crippen LogP contribution < -0.4 is 11.1 Å². The summed E-state index contributed by atoms with van der Waals surface area (Å²) < 4.78 is 10.2. The van der Waals surface area contributed by atoms with E-state index in [-0.39, 0.29) is 12.4 Å². The standard InChI is InChI=1S/C12H15N3O3/c1-2-17-11(16)5-6-14-12-15-9-4-3-8(13)7-10(9)18-12/h3-4,7H,2,5-6,13H2,1H3,(H,14,15). The summed E-state index contributed by atoms with van der Waals surface area (Å²) in [6.07, 6.45) is 0.273. The molecule has 0 unspecified atom stereocenters. The number of fused-ring (bicyclic) bond motifs is 1. The van der Waals surface area contributed by atoms with E-state index in [9.17, 15) is 4.79 Å². The number of carbonyl (C=O) groups is 1. The number of nitrogens with zero attached hydrogens (tertiary/aromatic N) is 1. The van der Waals surface area contributed by atoms with E-state index in [2.05, 4.69) is 10.3 Å². The second kappa shape index (κ2) is 5.39. The van der Waals surface area contributed by atoms with Gasteiger partial charge in [0.05, 0.1) is 13.0 Å². The van der Waals surface area contributed by atoms with Gasteiger partial charge in [-0.05, 0) is 19.1 Å². The predicted molar refractivity (Wildman–Crippen MR) is 68.2 cm³/mol. The fourth-order valence-corrected chi connectivity index (χ4v) is 1.52. The highest BCUT2D eigenvalue weighted by atomic mass is 16.5. The molecule has 0 aliphatic heterocycles. The smallest absolute Gasteiger partial charge is 0.307 e. The molecular formula is C12H15N3O3. The van der Waals surface area contributed by atoms with Gasteiger partial charge in [0.25, 0.3) is 6.01 Å². The number of hydrogen-bond acceptors (Lipinski definition) is 6. The van der Waals surface area contributed by atoms with Crippen molar-refractivity contribution in [2.24, 2.45) is 0 Å². The van der Waals surface area contributed by atoms with E-state index in [1.165, 1.54) is 0 Å². The maximum absolute atomic E-state index is 11.1. The summed E-state index contributed by atoms with van der Waals surface area (Å²) in [6.45, 7) is 2.58. The number of carbonyl (C=O) groups excluding carboxylic acids is 1. The van der Waals surface area contributed by atoms with Crippen LogP contribution in [0.2, 0.25) is 0 Å². The summed E-state index contributed by atoms with van der Waals surface area (Å²) in [5.41, 5.74) is 7.60. The van der Waals surface area contributed by atoms with Gasteiger partial charge in [-0.15, -0.1) is 0 Å². The first kappa shape index (κ1) is 12.2. The van der Waals surface area contributed by atoms with Crippen molar-refractivity contribution in [2.75, 3.05) is 24.2 Å². The molecule has 0 saturated carbocycles. The molecule has 0 saturated heterocycles. The first-order valence-electron chi connectivity index (χ1n) is 5.74. The van der Waals surface area contributed by atoms with Crippen LogP contribution in [0.5, 0.6) is 0 Å². The van der Waals surface area contributed by atoms with Gasteiger partial charge >= 0.3 is 5.97 Å². The minimum absolute atomic E-state index is 0.245. The van der Waals surface area contributed by atoms with E-state index in [1.54, 1.807) is 25.1 Å². The number of aromatic nitrogens is 1. The Morgan fingerprint density at radius 3 is 3.17 bits per heavy atom. The van der Waals surface area contributed by atoms with Gasteiger partial charge in [-0.3, -0.25) is 4.79 Å². The molecular weight excluding hydrogens is 234 g/mol. The summed E-state index contributed by atoms with van der Waals surface area (Å²) in [4.78, 5) is 15.3. The molecule has 1 heterocycles. The third-order valence-corrected chi connectivity index (χ3v) is 2.32. The lowest BCUT2D eigenvalue weighted by Gasteiger charge is -2.01. The molecule has 0 aliphatic carbocycles. The summed E-state index contributed by atoms with van der Waals surface area (Å²) in [7, 11) is 0. The van der Waals surface area contributed by atoms with E-state index >= 15 is 0 Å². The fraction of sp³-hybridized carbons (Fsp3) is 0.333. The minimum Gasteiger partial charge on any atom is -0.466 e. The molecule has 0 bridgehead atoms. The molecule has 0 atom stereocenters. The Labute approximate surface area is 104 Å². The van der Waals surface area contributed by atoms with Crippen LogP contribution in [-0.2, 0) is 9.53 Å². The number of nitrogen functional groups attached to an aromatic ring is 1. The van der Waals surface area contributed by atoms with Crippen molar-refractivity contribution < 1.29 is 13.9 Å². The Morgan fingerprint density at radius 2 is 2.39 bits per heavy atom. The van der Waals surface area contributed by atoms with Gasteiger partial charge in [-0.25, -0.2) is 0 Å². The predicted octanol–water partition coefficient (Wildman–Crippen LogP) is 1.78. The lowest BCUT2D eigenvalue weighted by atomic mass is 10.3. The van der Waals surface area contributed by atoms with Crippen LogP contribution in [0.3, 0.4) is 0 Å². The molecule has 6 nitrogen and oxygen atoms in total. The molecule has 0 spiro atoms. The lowest BCUT2D eigenvalue weighted by molar-refractivity contribution is -0.142. The Hall–Kier alpha value is -2.24. The zero-order valence-electron chi connectivity index (χ0n) is 10.1. The zero-order chi connectivity index (χ0) is 13.0. The monoisotopic (exact) mass is 249 g/mol. The molecule has 0 aliphatic rings. The average molecular weight is 249 g/mol. The third-order valence-electron chi connectivity index (χ3n) is 2.32. The quantitative estimate of drug-likeness (QED) is 0.620. The number of oxazole rings is 1. The van der Waals surface area contributed by atoms with Crippen molar-refractivity contribution in [1.29, 1.82) is 0 Å². The van der Waals surface area contributed by atoms with Crippen molar-refractivity contribution in [3.8, 4) is 0 Å². The normalized spacial score (nSPS) is 10.5. The van der Waals surface area contributed by atoms with Gasteiger partial charge in [0.1, 0.15) is 5.52 Å². The molecule has 96 valence electrons. The molecule has 0 amide bonds. The number of ether oxygens (including phenoxy) is 1. The Kier molecular flexibility index (Phi) is 3.66. The van der Waals surface area contributed by atoms with Gasteiger partial charge in [-0.1, -0.05) is 0 Å². The van der Waals surface area contributed by atoms with Crippen molar-refractivity contribution >= 4 is 28.8 Å². The van der Waals surface area contributed by atoms with E-state index in [0.717, 1.165) is 5.52 Å². The highest BCUT2D eigenvalue weighted by Crippen LogP contribution is 2.20. The lowest BCUT2D eigenvalue weighted by Crippen LogP contribution is -2.11. The second-order valence-electron chi connectivity index (χ2n) is 3.73. The van der Waals surface area contributed by atoms with Gasteiger partial charge in [0, 0.05) is 18.3 Å². The molecule has 0 fully saturated rings. The van der Waals surface area contributed by atoms with Gasteiger partial charge in [0.15, 0.2) is 5.58 Å². The van der Waals surface area contributed by atoms with Crippen LogP contribution in [0.15, 0.2) is 22.6 Å². The topological polar surface area (TPSA) is 90.4 Å². The van der Waals surface area contributed by atoms with Gasteiger partial charge in [-0.2, -0.15) is 4.98 Å². The molecule has 18 heavy (non-hydrogen) atoms. The Morgan fingerprint density at radius 1 is 1.56 bits per heavy atom. The maximum atomic E-state index is 11.1. The van der Waals surface area contributed by atoms with E-state index in [1.807, 2.05) is 0 Å². The third kappa shape index (κ3) is 2.91. The van der Waals surface area contributed by atoms with Crippen LogP contribution in [0.25, 0.3) is 11.1 Å². The summed E-state index contributed by atoms with van der Waals surface area (Å²) in [5, 5.41) is 2.92. The fourth-order valence-electron chi connectivity index (χ4n) is 1.52. The molecule has 6 heteroatoms. The molecule has 1 aromatic carbocycles. The summed E-state index contributed by atoms with van der Waals surface area (Å²) in [6, 6.07) is 5.62. The van der Waals surface area contributed by atoms with Crippen molar-refractivity contribution in [3.63, 3.8) is 0 Å². The van der Waals surface area contributed by atoms with Gasteiger partial charge in [0.2, 0.25) is 0 Å². The number of esters is 1. The summed E-state index contributed by atoms with van der Waals surface area (Å²) >= 11 is 0. The number of hydrogen-bond donors (Lipinski definition) is 2. The Balaban J connectivity index is 1.94. The van der Waals surface area contributed by atoms with E-state index < -0.39 is 0 Å². The highest BCUT2D eigenvalue weighted by molar-refractivity contribution is 5.78. The number of rotatable bonds is 5. The summed E-state index contributed by atoms with van der Waals surface area (Å²) in [5.74, 6) is -0.245. The largest absolute Gasteiger partial charge is 0.466 e. The van der Waals surface area contributed by atoms with Crippen molar-refractivity contribution in [1.82, 2.24) is 4.98 Å². The second-order valence-corrected chi connectivity index (χ2v) is 3.73. The minimum atomic E-state index is -0.245. The Bertz CT molecular complexity index is 550. The molecule has 2 rings (SSSR count). The zero-order valence-corrected chi connectivity index (χ0v) is 10.1. The molecule has 1 aromatic heterocycles. The highest BCUT2D eigenvalue weighted by Gasteiger charge is 2.06. The molecule has 2 aromatic rings. The van der Waals surface area contributed by atoms with Crippen molar-refractivity contribution in [2.45, 2.75) is 13.3 Å². The van der Waals surface area contributed by atoms with Crippen LogP contribution in [-0.4, -0.2) is 24.1 Å². The molecule has 0 radical (unpaired) electrons. The number of benzene rings is 1. The van der Waals surface area contributed by atoms with Crippen LogP contribution in [0.1, 0.15) is 13.3 Å².